The van der Waals surface area contributed by atoms with Crippen LogP contribution in [0, 0.1) is 20.8 Å². The Kier molecular flexibility index (Phi) is 8.92. The van der Waals surface area contributed by atoms with Gasteiger partial charge in [-0.3, -0.25) is 9.59 Å². The van der Waals surface area contributed by atoms with E-state index >= 15 is 0 Å². The van der Waals surface area contributed by atoms with Crippen LogP contribution in [0.1, 0.15) is 48.6 Å². The van der Waals surface area contributed by atoms with Crippen LogP contribution in [0.15, 0.2) is 72.8 Å². The van der Waals surface area contributed by atoms with Gasteiger partial charge in [-0.05, 0) is 81.5 Å². The summed E-state index contributed by atoms with van der Waals surface area (Å²) in [6.45, 7) is 12.0. The summed E-state index contributed by atoms with van der Waals surface area (Å²) < 4.78 is 5.94. The second-order valence-corrected chi connectivity index (χ2v) is 10.5. The molecule has 0 aromatic heterocycles. The molecule has 190 valence electrons. The molecule has 5 nitrogen and oxygen atoms in total. The maximum atomic E-state index is 13.7. The number of nitrogens with zero attached hydrogens (tertiary/aromatic N) is 1. The molecule has 3 aromatic rings. The van der Waals surface area contributed by atoms with Crippen molar-refractivity contribution in [2.45, 2.75) is 66.1 Å². The topological polar surface area (TPSA) is 58.6 Å². The molecule has 0 bridgehead atoms. The van der Waals surface area contributed by atoms with Crippen molar-refractivity contribution in [1.29, 1.82) is 0 Å². The molecule has 0 radical (unpaired) electrons. The van der Waals surface area contributed by atoms with Gasteiger partial charge in [-0.2, -0.15) is 0 Å². The van der Waals surface area contributed by atoms with Crippen molar-refractivity contribution < 1.29 is 14.3 Å². The number of hydrogen-bond acceptors (Lipinski definition) is 3. The predicted molar refractivity (Wildman–Crippen MR) is 145 cm³/mol. The first-order valence-corrected chi connectivity index (χ1v) is 12.4. The van der Waals surface area contributed by atoms with E-state index in [1.54, 1.807) is 4.90 Å². The lowest BCUT2D eigenvalue weighted by atomic mass is 10.00. The van der Waals surface area contributed by atoms with Gasteiger partial charge in [-0.25, -0.2) is 0 Å². The Hall–Kier alpha value is -3.60. The van der Waals surface area contributed by atoms with Crippen LogP contribution >= 0.6 is 0 Å². The van der Waals surface area contributed by atoms with Crippen LogP contribution in [0.25, 0.3) is 0 Å². The molecule has 0 aliphatic heterocycles. The summed E-state index contributed by atoms with van der Waals surface area (Å²) in [6.07, 6.45) is 0.407. The largest absolute Gasteiger partial charge is 0.484 e. The van der Waals surface area contributed by atoms with Crippen LogP contribution in [0.3, 0.4) is 0 Å². The molecule has 0 aliphatic rings. The second-order valence-electron chi connectivity index (χ2n) is 10.5. The molecule has 0 aliphatic carbocycles. The minimum atomic E-state index is -0.693. The van der Waals surface area contributed by atoms with Crippen LogP contribution in [0.2, 0.25) is 0 Å². The van der Waals surface area contributed by atoms with Gasteiger partial charge in [0.2, 0.25) is 5.91 Å². The first-order valence-electron chi connectivity index (χ1n) is 12.4. The van der Waals surface area contributed by atoms with Gasteiger partial charge in [-0.15, -0.1) is 0 Å². The third-order valence-electron chi connectivity index (χ3n) is 5.93. The molecule has 1 N–H and O–H groups in total. The molecule has 3 rings (SSSR count). The van der Waals surface area contributed by atoms with E-state index in [4.69, 9.17) is 4.74 Å². The van der Waals surface area contributed by atoms with Crippen LogP contribution in [-0.4, -0.2) is 34.9 Å². The summed E-state index contributed by atoms with van der Waals surface area (Å²) in [5.41, 5.74) is 4.77. The molecular weight excluding hydrogens is 448 g/mol. The van der Waals surface area contributed by atoms with E-state index in [2.05, 4.69) is 11.4 Å². The highest BCUT2D eigenvalue weighted by atomic mass is 16.5. The van der Waals surface area contributed by atoms with E-state index in [-0.39, 0.29) is 18.4 Å². The van der Waals surface area contributed by atoms with Gasteiger partial charge in [0, 0.05) is 18.5 Å². The van der Waals surface area contributed by atoms with Gasteiger partial charge >= 0.3 is 0 Å². The fraction of sp³-hybridized carbons (Fsp3) is 0.355. The Morgan fingerprint density at radius 2 is 1.50 bits per heavy atom. The van der Waals surface area contributed by atoms with Gasteiger partial charge < -0.3 is 15.0 Å². The first kappa shape index (κ1) is 27.0. The van der Waals surface area contributed by atoms with E-state index in [1.807, 2.05) is 108 Å². The highest BCUT2D eigenvalue weighted by Crippen LogP contribution is 2.20. The summed E-state index contributed by atoms with van der Waals surface area (Å²) in [6, 6.07) is 23.0. The highest BCUT2D eigenvalue weighted by molar-refractivity contribution is 5.89. The Morgan fingerprint density at radius 3 is 2.11 bits per heavy atom. The van der Waals surface area contributed by atoms with Crippen molar-refractivity contribution in [1.82, 2.24) is 10.2 Å². The SMILES string of the molecule is Cc1cc(C)cc(OCC(=O)N(Cc2ccccc2C)C(Cc2ccccc2)C(=O)NC(C)(C)C)c1. The molecule has 0 saturated heterocycles. The predicted octanol–water partition coefficient (Wildman–Crippen LogP) is 5.55. The first-order chi connectivity index (χ1) is 17.0. The van der Waals surface area contributed by atoms with Crippen molar-refractivity contribution in [3.63, 3.8) is 0 Å². The van der Waals surface area contributed by atoms with E-state index in [1.165, 1.54) is 0 Å². The molecule has 0 saturated carbocycles. The minimum Gasteiger partial charge on any atom is -0.484 e. The van der Waals surface area contributed by atoms with Crippen LogP contribution < -0.4 is 10.1 Å². The lowest BCUT2D eigenvalue weighted by Crippen LogP contribution is -2.55. The average Bonchev–Trinajstić information content (AvgIpc) is 2.80. The minimum absolute atomic E-state index is 0.150. The summed E-state index contributed by atoms with van der Waals surface area (Å²) in [7, 11) is 0. The number of ether oxygens (including phenoxy) is 1. The normalized spacial score (nSPS) is 12.1. The van der Waals surface area contributed by atoms with Crippen LogP contribution in [-0.2, 0) is 22.6 Å². The van der Waals surface area contributed by atoms with E-state index in [0.717, 1.165) is 27.8 Å². The molecule has 5 heteroatoms. The number of aryl methyl sites for hydroxylation is 3. The Bertz CT molecular complexity index is 1160. The number of carbonyl (C=O) groups excluding carboxylic acids is 2. The zero-order chi connectivity index (χ0) is 26.3. The molecule has 1 atom stereocenters. The number of hydrogen-bond donors (Lipinski definition) is 1. The Morgan fingerprint density at radius 1 is 0.889 bits per heavy atom. The molecule has 36 heavy (non-hydrogen) atoms. The van der Waals surface area contributed by atoms with Gasteiger partial charge in [0.05, 0.1) is 0 Å². The van der Waals surface area contributed by atoms with Crippen molar-refractivity contribution in [2.24, 2.45) is 0 Å². The zero-order valence-corrected chi connectivity index (χ0v) is 22.3. The maximum absolute atomic E-state index is 13.7. The van der Waals surface area contributed by atoms with Gasteiger partial charge in [0.25, 0.3) is 5.91 Å². The van der Waals surface area contributed by atoms with Crippen molar-refractivity contribution in [3.05, 3.63) is 101 Å². The summed E-state index contributed by atoms with van der Waals surface area (Å²) in [4.78, 5) is 29.0. The summed E-state index contributed by atoms with van der Waals surface area (Å²) in [5, 5.41) is 3.09. The number of nitrogens with one attached hydrogen (secondary N) is 1. The second kappa shape index (κ2) is 11.9. The lowest BCUT2D eigenvalue weighted by molar-refractivity contribution is -0.143. The Balaban J connectivity index is 1.95. The fourth-order valence-corrected chi connectivity index (χ4v) is 4.22. The van der Waals surface area contributed by atoms with E-state index in [0.29, 0.717) is 18.7 Å². The van der Waals surface area contributed by atoms with E-state index in [9.17, 15) is 9.59 Å². The van der Waals surface area contributed by atoms with Gasteiger partial charge in [0.15, 0.2) is 6.61 Å². The molecule has 1 unspecified atom stereocenters. The zero-order valence-electron chi connectivity index (χ0n) is 22.3. The third-order valence-corrected chi connectivity index (χ3v) is 5.93. The van der Waals surface area contributed by atoms with Crippen molar-refractivity contribution in [2.75, 3.05) is 6.61 Å². The average molecular weight is 487 g/mol. The number of benzene rings is 3. The molecule has 2 amide bonds. The molecule has 0 spiro atoms. The number of rotatable bonds is 9. The van der Waals surface area contributed by atoms with Crippen molar-refractivity contribution in [3.8, 4) is 5.75 Å². The highest BCUT2D eigenvalue weighted by Gasteiger charge is 2.32. The standard InChI is InChI=1S/C31H38N2O3/c1-22-16-23(2)18-27(17-22)36-21-29(34)33(20-26-15-11-10-12-24(26)3)28(30(35)32-31(4,5)6)19-25-13-8-7-9-14-25/h7-18,28H,19-21H2,1-6H3,(H,32,35). The maximum Gasteiger partial charge on any atom is 0.261 e. The quantitative estimate of drug-likeness (QED) is 0.432. The molecule has 0 fully saturated rings. The Labute approximate surface area is 215 Å². The van der Waals surface area contributed by atoms with Crippen molar-refractivity contribution >= 4 is 11.8 Å². The number of amides is 2. The molecular formula is C31H38N2O3. The van der Waals surface area contributed by atoms with Crippen LogP contribution in [0.4, 0.5) is 0 Å². The van der Waals surface area contributed by atoms with Crippen LogP contribution in [0.5, 0.6) is 5.75 Å². The number of carbonyl (C=O) groups is 2. The summed E-state index contributed by atoms with van der Waals surface area (Å²) in [5.74, 6) is 0.234. The van der Waals surface area contributed by atoms with E-state index < -0.39 is 11.6 Å². The lowest BCUT2D eigenvalue weighted by Gasteiger charge is -2.34. The smallest absolute Gasteiger partial charge is 0.261 e. The third kappa shape index (κ3) is 7.98. The van der Waals surface area contributed by atoms with Gasteiger partial charge in [-0.1, -0.05) is 60.7 Å². The molecule has 0 heterocycles. The monoisotopic (exact) mass is 486 g/mol. The fourth-order valence-electron chi connectivity index (χ4n) is 4.22. The summed E-state index contributed by atoms with van der Waals surface area (Å²) >= 11 is 0. The molecule has 3 aromatic carbocycles. The van der Waals surface area contributed by atoms with Gasteiger partial charge in [0.1, 0.15) is 11.8 Å².